The molecule has 1 saturated heterocycles. The van der Waals surface area contributed by atoms with Crippen molar-refractivity contribution in [3.8, 4) is 0 Å². The van der Waals surface area contributed by atoms with Crippen LogP contribution in [0.3, 0.4) is 0 Å². The van der Waals surface area contributed by atoms with Gasteiger partial charge in [0, 0.05) is 13.2 Å². The Morgan fingerprint density at radius 1 is 1.47 bits per heavy atom. The second-order valence-corrected chi connectivity index (χ2v) is 4.91. The van der Waals surface area contributed by atoms with Crippen LogP contribution in [0, 0.1) is 5.92 Å². The molecule has 2 atom stereocenters. The number of rotatable bonds is 7. The first kappa shape index (κ1) is 14.5. The molecule has 0 bridgehead atoms. The quantitative estimate of drug-likeness (QED) is 0.625. The molecule has 1 aliphatic heterocycles. The Kier molecular flexibility index (Phi) is 7.21. The predicted octanol–water partition coefficient (Wildman–Crippen LogP) is 1.04. The number of aliphatic hydroxyl groups excluding tert-OH is 1. The second kappa shape index (κ2) is 8.48. The molecular weight excluding hydrogens is 216 g/mol. The van der Waals surface area contributed by atoms with E-state index in [4.69, 9.17) is 5.11 Å². The summed E-state index contributed by atoms with van der Waals surface area (Å²) in [5.74, 6) is 0.543. The molecule has 0 spiro atoms. The molecule has 4 heteroatoms. The summed E-state index contributed by atoms with van der Waals surface area (Å²) in [5.41, 5.74) is 0. The standard InChI is InChI=1S/C13H26N2O2/c1-2-5-11(7-9-16)10-15-13(17)12-6-3-4-8-14-12/h11-12,14,16H,2-10H2,1H3,(H,15,17). The van der Waals surface area contributed by atoms with Crippen molar-refractivity contribution in [1.29, 1.82) is 0 Å². The number of nitrogens with one attached hydrogen (secondary N) is 2. The van der Waals surface area contributed by atoms with Crippen molar-refractivity contribution < 1.29 is 9.90 Å². The van der Waals surface area contributed by atoms with Crippen LogP contribution in [0.2, 0.25) is 0 Å². The lowest BCUT2D eigenvalue weighted by molar-refractivity contribution is -0.123. The van der Waals surface area contributed by atoms with Crippen LogP contribution in [0.25, 0.3) is 0 Å². The van der Waals surface area contributed by atoms with E-state index in [0.717, 1.165) is 38.6 Å². The van der Waals surface area contributed by atoms with Crippen molar-refractivity contribution in [2.45, 2.75) is 51.5 Å². The second-order valence-electron chi connectivity index (χ2n) is 4.91. The normalized spacial score (nSPS) is 22.1. The average molecular weight is 242 g/mol. The highest BCUT2D eigenvalue weighted by Crippen LogP contribution is 2.10. The minimum Gasteiger partial charge on any atom is -0.396 e. The topological polar surface area (TPSA) is 61.4 Å². The van der Waals surface area contributed by atoms with E-state index in [0.29, 0.717) is 12.5 Å². The van der Waals surface area contributed by atoms with Gasteiger partial charge in [0.25, 0.3) is 0 Å². The van der Waals surface area contributed by atoms with Crippen molar-refractivity contribution in [3.63, 3.8) is 0 Å². The number of carbonyl (C=O) groups excluding carboxylic acids is 1. The van der Waals surface area contributed by atoms with Crippen molar-refractivity contribution in [3.05, 3.63) is 0 Å². The number of hydrogen-bond acceptors (Lipinski definition) is 3. The SMILES string of the molecule is CCCC(CCO)CNC(=O)C1CCCCN1. The van der Waals surface area contributed by atoms with Crippen molar-refractivity contribution in [2.75, 3.05) is 19.7 Å². The van der Waals surface area contributed by atoms with Gasteiger partial charge >= 0.3 is 0 Å². The van der Waals surface area contributed by atoms with Gasteiger partial charge in [-0.2, -0.15) is 0 Å². The Bertz CT molecular complexity index is 209. The first-order valence-corrected chi connectivity index (χ1v) is 6.89. The molecule has 0 saturated carbocycles. The first-order chi connectivity index (χ1) is 8.27. The fraction of sp³-hybridized carbons (Fsp3) is 0.923. The number of carbonyl (C=O) groups is 1. The van der Waals surface area contributed by atoms with E-state index in [9.17, 15) is 4.79 Å². The zero-order valence-electron chi connectivity index (χ0n) is 10.9. The molecule has 1 aliphatic rings. The molecule has 1 fully saturated rings. The molecule has 0 aromatic rings. The third-order valence-corrected chi connectivity index (χ3v) is 3.43. The van der Waals surface area contributed by atoms with E-state index in [1.165, 1.54) is 6.42 Å². The Hall–Kier alpha value is -0.610. The third kappa shape index (κ3) is 5.50. The summed E-state index contributed by atoms with van der Waals surface area (Å²) in [6.07, 6.45) is 6.21. The maximum Gasteiger partial charge on any atom is 0.237 e. The zero-order valence-corrected chi connectivity index (χ0v) is 10.9. The molecule has 100 valence electrons. The van der Waals surface area contributed by atoms with E-state index in [1.54, 1.807) is 0 Å². The summed E-state index contributed by atoms with van der Waals surface area (Å²) in [4.78, 5) is 11.9. The molecule has 0 radical (unpaired) electrons. The van der Waals surface area contributed by atoms with Crippen LogP contribution >= 0.6 is 0 Å². The number of amides is 1. The summed E-state index contributed by atoms with van der Waals surface area (Å²) in [7, 11) is 0. The smallest absolute Gasteiger partial charge is 0.237 e. The number of piperidine rings is 1. The third-order valence-electron chi connectivity index (χ3n) is 3.43. The molecule has 1 amide bonds. The highest BCUT2D eigenvalue weighted by Gasteiger charge is 2.20. The Morgan fingerprint density at radius 3 is 2.88 bits per heavy atom. The van der Waals surface area contributed by atoms with Gasteiger partial charge in [0.2, 0.25) is 5.91 Å². The lowest BCUT2D eigenvalue weighted by Gasteiger charge is -2.24. The van der Waals surface area contributed by atoms with Gasteiger partial charge < -0.3 is 15.7 Å². The minimum absolute atomic E-state index is 0.000142. The van der Waals surface area contributed by atoms with E-state index >= 15 is 0 Å². The largest absolute Gasteiger partial charge is 0.396 e. The van der Waals surface area contributed by atoms with Gasteiger partial charge in [-0.3, -0.25) is 4.79 Å². The molecule has 0 aromatic heterocycles. The molecule has 4 nitrogen and oxygen atoms in total. The fourth-order valence-corrected chi connectivity index (χ4v) is 2.38. The van der Waals surface area contributed by atoms with Gasteiger partial charge in [-0.25, -0.2) is 0 Å². The molecule has 0 aromatic carbocycles. The Balaban J connectivity index is 2.24. The zero-order chi connectivity index (χ0) is 12.5. The lowest BCUT2D eigenvalue weighted by Crippen LogP contribution is -2.47. The predicted molar refractivity (Wildman–Crippen MR) is 68.8 cm³/mol. The van der Waals surface area contributed by atoms with Crippen LogP contribution in [-0.2, 0) is 4.79 Å². The van der Waals surface area contributed by atoms with E-state index in [1.807, 2.05) is 0 Å². The van der Waals surface area contributed by atoms with Crippen LogP contribution in [0.1, 0.15) is 45.4 Å². The van der Waals surface area contributed by atoms with Crippen LogP contribution in [0.4, 0.5) is 0 Å². The fourth-order valence-electron chi connectivity index (χ4n) is 2.38. The summed E-state index contributed by atoms with van der Waals surface area (Å²) in [5, 5.41) is 15.2. The summed E-state index contributed by atoms with van der Waals surface area (Å²) in [6.45, 7) is 4.00. The number of hydrogen-bond donors (Lipinski definition) is 3. The van der Waals surface area contributed by atoms with Gasteiger partial charge in [0.05, 0.1) is 6.04 Å². The molecule has 2 unspecified atom stereocenters. The van der Waals surface area contributed by atoms with E-state index < -0.39 is 0 Å². The maximum absolute atomic E-state index is 11.9. The Labute approximate surface area is 104 Å². The summed E-state index contributed by atoms with van der Waals surface area (Å²) >= 11 is 0. The summed E-state index contributed by atoms with van der Waals surface area (Å²) in [6, 6.07) is 0.000142. The van der Waals surface area contributed by atoms with Crippen LogP contribution < -0.4 is 10.6 Å². The molecule has 1 rings (SSSR count). The molecular formula is C13H26N2O2. The Morgan fingerprint density at radius 2 is 2.29 bits per heavy atom. The highest BCUT2D eigenvalue weighted by molar-refractivity contribution is 5.81. The highest BCUT2D eigenvalue weighted by atomic mass is 16.3. The van der Waals surface area contributed by atoms with Crippen molar-refractivity contribution in [2.24, 2.45) is 5.92 Å². The van der Waals surface area contributed by atoms with Crippen LogP contribution in [0.15, 0.2) is 0 Å². The molecule has 0 aliphatic carbocycles. The molecule has 1 heterocycles. The number of aliphatic hydroxyl groups is 1. The van der Waals surface area contributed by atoms with Crippen molar-refractivity contribution >= 4 is 5.91 Å². The van der Waals surface area contributed by atoms with E-state index in [2.05, 4.69) is 17.6 Å². The first-order valence-electron chi connectivity index (χ1n) is 6.89. The molecule has 3 N–H and O–H groups in total. The van der Waals surface area contributed by atoms with Crippen LogP contribution in [0.5, 0.6) is 0 Å². The van der Waals surface area contributed by atoms with Gasteiger partial charge in [-0.1, -0.05) is 19.8 Å². The van der Waals surface area contributed by atoms with Gasteiger partial charge in [0.1, 0.15) is 0 Å². The van der Waals surface area contributed by atoms with Gasteiger partial charge in [0.15, 0.2) is 0 Å². The van der Waals surface area contributed by atoms with Crippen molar-refractivity contribution in [1.82, 2.24) is 10.6 Å². The summed E-state index contributed by atoms with van der Waals surface area (Å²) < 4.78 is 0. The average Bonchev–Trinajstić information content (AvgIpc) is 2.37. The van der Waals surface area contributed by atoms with E-state index in [-0.39, 0.29) is 18.6 Å². The maximum atomic E-state index is 11.9. The lowest BCUT2D eigenvalue weighted by atomic mass is 9.99. The molecule has 17 heavy (non-hydrogen) atoms. The monoisotopic (exact) mass is 242 g/mol. The minimum atomic E-state index is 0.000142. The van der Waals surface area contributed by atoms with Gasteiger partial charge in [-0.05, 0) is 38.1 Å². The van der Waals surface area contributed by atoms with Crippen LogP contribution in [-0.4, -0.2) is 36.8 Å². The van der Waals surface area contributed by atoms with Gasteiger partial charge in [-0.15, -0.1) is 0 Å².